The van der Waals surface area contributed by atoms with Gasteiger partial charge in [0.25, 0.3) is 5.91 Å². The lowest BCUT2D eigenvalue weighted by Crippen LogP contribution is -2.32. The Morgan fingerprint density at radius 2 is 1.78 bits per heavy atom. The molecule has 0 aliphatic rings. The van der Waals surface area contributed by atoms with E-state index in [1.54, 1.807) is 12.4 Å². The number of nitrogens with one attached hydrogen (secondary N) is 2. The Labute approximate surface area is 137 Å². The number of aromatic nitrogens is 2. The summed E-state index contributed by atoms with van der Waals surface area (Å²) in [7, 11) is 0. The van der Waals surface area contributed by atoms with Gasteiger partial charge in [-0.1, -0.05) is 39.0 Å². The van der Waals surface area contributed by atoms with E-state index in [1.807, 2.05) is 32.0 Å². The zero-order chi connectivity index (χ0) is 16.8. The Kier molecular flexibility index (Phi) is 5.68. The SMILES string of the molecule is CCC(C)NC(=O)c1cnc(Nc2ccccc2C(C)C)nc1. The summed E-state index contributed by atoms with van der Waals surface area (Å²) in [6.07, 6.45) is 3.98. The summed E-state index contributed by atoms with van der Waals surface area (Å²) in [5.74, 6) is 0.742. The predicted molar refractivity (Wildman–Crippen MR) is 93.1 cm³/mol. The molecule has 1 aromatic carbocycles. The molecule has 1 aromatic heterocycles. The van der Waals surface area contributed by atoms with Crippen molar-refractivity contribution in [3.8, 4) is 0 Å². The molecule has 122 valence electrons. The number of carbonyl (C=O) groups excluding carboxylic acids is 1. The van der Waals surface area contributed by atoms with Gasteiger partial charge in [0.05, 0.1) is 5.56 Å². The van der Waals surface area contributed by atoms with Crippen LogP contribution in [0, 0.1) is 0 Å². The molecule has 0 aliphatic heterocycles. The van der Waals surface area contributed by atoms with Gasteiger partial charge in [0.15, 0.2) is 0 Å². The smallest absolute Gasteiger partial charge is 0.254 e. The minimum Gasteiger partial charge on any atom is -0.350 e. The number of amides is 1. The standard InChI is InChI=1S/C18H24N4O/c1-5-13(4)21-17(23)14-10-19-18(20-11-14)22-16-9-7-6-8-15(16)12(2)3/h6-13H,5H2,1-4H3,(H,21,23)(H,19,20,22). The van der Waals surface area contributed by atoms with Crippen molar-refractivity contribution in [3.05, 3.63) is 47.8 Å². The first-order chi connectivity index (χ1) is 11.0. The fraction of sp³-hybridized carbons (Fsp3) is 0.389. The number of rotatable bonds is 6. The molecule has 1 unspecified atom stereocenters. The van der Waals surface area contributed by atoms with E-state index in [0.717, 1.165) is 12.1 Å². The molecule has 0 bridgehead atoms. The maximum atomic E-state index is 12.0. The van der Waals surface area contributed by atoms with Crippen molar-refractivity contribution >= 4 is 17.5 Å². The zero-order valence-corrected chi connectivity index (χ0v) is 14.1. The predicted octanol–water partition coefficient (Wildman–Crippen LogP) is 3.87. The van der Waals surface area contributed by atoms with Gasteiger partial charge in [-0.15, -0.1) is 0 Å². The second-order valence-electron chi connectivity index (χ2n) is 5.95. The van der Waals surface area contributed by atoms with Crippen LogP contribution in [-0.4, -0.2) is 21.9 Å². The van der Waals surface area contributed by atoms with E-state index >= 15 is 0 Å². The van der Waals surface area contributed by atoms with Gasteiger partial charge in [0.2, 0.25) is 5.95 Å². The Balaban J connectivity index is 2.10. The van der Waals surface area contributed by atoms with Crippen LogP contribution in [0.3, 0.4) is 0 Å². The topological polar surface area (TPSA) is 66.9 Å². The van der Waals surface area contributed by atoms with Crippen LogP contribution in [0.15, 0.2) is 36.7 Å². The molecule has 0 fully saturated rings. The largest absolute Gasteiger partial charge is 0.350 e. The molecule has 0 saturated heterocycles. The first kappa shape index (κ1) is 16.9. The van der Waals surface area contributed by atoms with Gasteiger partial charge in [-0.3, -0.25) is 4.79 Å². The third kappa shape index (κ3) is 4.52. The molecule has 0 aliphatic carbocycles. The van der Waals surface area contributed by atoms with E-state index in [0.29, 0.717) is 17.4 Å². The quantitative estimate of drug-likeness (QED) is 0.849. The van der Waals surface area contributed by atoms with E-state index in [2.05, 4.69) is 40.5 Å². The van der Waals surface area contributed by atoms with Crippen molar-refractivity contribution in [1.29, 1.82) is 0 Å². The molecule has 2 aromatic rings. The second kappa shape index (κ2) is 7.72. The van der Waals surface area contributed by atoms with Crippen molar-refractivity contribution in [2.75, 3.05) is 5.32 Å². The first-order valence-electron chi connectivity index (χ1n) is 8.00. The number of nitrogens with zero attached hydrogens (tertiary/aromatic N) is 2. The third-order valence-corrected chi connectivity index (χ3v) is 3.73. The van der Waals surface area contributed by atoms with Crippen LogP contribution in [-0.2, 0) is 0 Å². The number of hydrogen-bond acceptors (Lipinski definition) is 4. The molecule has 5 nitrogen and oxygen atoms in total. The molecule has 23 heavy (non-hydrogen) atoms. The lowest BCUT2D eigenvalue weighted by atomic mass is 10.0. The highest BCUT2D eigenvalue weighted by molar-refractivity contribution is 5.93. The number of hydrogen-bond donors (Lipinski definition) is 2. The van der Waals surface area contributed by atoms with Crippen LogP contribution < -0.4 is 10.6 Å². The molecule has 1 atom stereocenters. The summed E-state index contributed by atoms with van der Waals surface area (Å²) in [6.45, 7) is 8.28. The highest BCUT2D eigenvalue weighted by Gasteiger charge is 2.11. The van der Waals surface area contributed by atoms with Gasteiger partial charge in [0.1, 0.15) is 0 Å². The number of benzene rings is 1. The van der Waals surface area contributed by atoms with E-state index in [1.165, 1.54) is 5.56 Å². The fourth-order valence-electron chi connectivity index (χ4n) is 2.15. The third-order valence-electron chi connectivity index (χ3n) is 3.73. The van der Waals surface area contributed by atoms with Crippen LogP contribution in [0.5, 0.6) is 0 Å². The Morgan fingerprint density at radius 3 is 2.39 bits per heavy atom. The maximum Gasteiger partial charge on any atom is 0.254 e. The molecular formula is C18H24N4O. The van der Waals surface area contributed by atoms with Gasteiger partial charge in [0, 0.05) is 24.1 Å². The summed E-state index contributed by atoms with van der Waals surface area (Å²) in [5, 5.41) is 6.12. The first-order valence-corrected chi connectivity index (χ1v) is 8.00. The molecule has 1 heterocycles. The number of carbonyl (C=O) groups is 1. The van der Waals surface area contributed by atoms with Gasteiger partial charge >= 0.3 is 0 Å². The van der Waals surface area contributed by atoms with Crippen molar-refractivity contribution in [2.24, 2.45) is 0 Å². The average Bonchev–Trinajstić information content (AvgIpc) is 2.55. The molecular weight excluding hydrogens is 288 g/mol. The van der Waals surface area contributed by atoms with Crippen molar-refractivity contribution in [3.63, 3.8) is 0 Å². The highest BCUT2D eigenvalue weighted by Crippen LogP contribution is 2.25. The summed E-state index contributed by atoms with van der Waals surface area (Å²) in [5.41, 5.74) is 2.65. The summed E-state index contributed by atoms with van der Waals surface area (Å²) in [4.78, 5) is 20.5. The van der Waals surface area contributed by atoms with Crippen LogP contribution in [0.25, 0.3) is 0 Å². The minimum atomic E-state index is -0.145. The second-order valence-corrected chi connectivity index (χ2v) is 5.95. The van der Waals surface area contributed by atoms with E-state index in [-0.39, 0.29) is 11.9 Å². The van der Waals surface area contributed by atoms with E-state index < -0.39 is 0 Å². The van der Waals surface area contributed by atoms with Gasteiger partial charge in [-0.05, 0) is 30.9 Å². The van der Waals surface area contributed by atoms with Crippen molar-refractivity contribution in [1.82, 2.24) is 15.3 Å². The Bertz CT molecular complexity index is 652. The summed E-state index contributed by atoms with van der Waals surface area (Å²) in [6, 6.07) is 8.22. The molecule has 0 spiro atoms. The van der Waals surface area contributed by atoms with Crippen molar-refractivity contribution in [2.45, 2.75) is 46.1 Å². The molecule has 5 heteroatoms. The van der Waals surface area contributed by atoms with Crippen LogP contribution >= 0.6 is 0 Å². The minimum absolute atomic E-state index is 0.137. The zero-order valence-electron chi connectivity index (χ0n) is 14.1. The lowest BCUT2D eigenvalue weighted by Gasteiger charge is -2.14. The Morgan fingerprint density at radius 1 is 1.13 bits per heavy atom. The van der Waals surface area contributed by atoms with Gasteiger partial charge in [-0.25, -0.2) is 9.97 Å². The molecule has 0 radical (unpaired) electrons. The number of para-hydroxylation sites is 1. The summed E-state index contributed by atoms with van der Waals surface area (Å²) >= 11 is 0. The highest BCUT2D eigenvalue weighted by atomic mass is 16.1. The number of anilines is 2. The lowest BCUT2D eigenvalue weighted by molar-refractivity contribution is 0.0938. The Hall–Kier alpha value is -2.43. The average molecular weight is 312 g/mol. The molecule has 0 saturated carbocycles. The molecule has 2 N–H and O–H groups in total. The van der Waals surface area contributed by atoms with E-state index in [9.17, 15) is 4.79 Å². The van der Waals surface area contributed by atoms with Crippen LogP contribution in [0.2, 0.25) is 0 Å². The van der Waals surface area contributed by atoms with Crippen molar-refractivity contribution < 1.29 is 4.79 Å². The fourth-order valence-corrected chi connectivity index (χ4v) is 2.15. The van der Waals surface area contributed by atoms with Gasteiger partial charge in [-0.2, -0.15) is 0 Å². The maximum absolute atomic E-state index is 12.0. The monoisotopic (exact) mass is 312 g/mol. The normalized spacial score (nSPS) is 12.0. The van der Waals surface area contributed by atoms with Crippen LogP contribution in [0.1, 0.15) is 56.0 Å². The van der Waals surface area contributed by atoms with E-state index in [4.69, 9.17) is 0 Å². The van der Waals surface area contributed by atoms with Gasteiger partial charge < -0.3 is 10.6 Å². The summed E-state index contributed by atoms with van der Waals surface area (Å²) < 4.78 is 0. The molecule has 2 rings (SSSR count). The molecule has 1 amide bonds. The van der Waals surface area contributed by atoms with Crippen LogP contribution in [0.4, 0.5) is 11.6 Å².